The third-order valence-corrected chi connectivity index (χ3v) is 2.38. The minimum Gasteiger partial charge on any atom is -0.488 e. The number of anilines is 1. The molecule has 1 aliphatic carbocycles. The fourth-order valence-corrected chi connectivity index (χ4v) is 1.29. The van der Waals surface area contributed by atoms with Crippen molar-refractivity contribution in [1.82, 2.24) is 4.98 Å². The molecule has 0 saturated heterocycles. The second kappa shape index (κ2) is 4.00. The van der Waals surface area contributed by atoms with Crippen LogP contribution in [-0.2, 0) is 0 Å². The molecule has 16 heavy (non-hydrogen) atoms. The zero-order chi connectivity index (χ0) is 11.7. The maximum atomic E-state index is 10.9. The van der Waals surface area contributed by atoms with Crippen LogP contribution in [0.15, 0.2) is 12.3 Å². The third kappa shape index (κ3) is 2.24. The average molecular weight is 222 g/mol. The summed E-state index contributed by atoms with van der Waals surface area (Å²) in [5.74, 6) is -0.692. The predicted molar refractivity (Wildman–Crippen MR) is 59.2 cm³/mol. The summed E-state index contributed by atoms with van der Waals surface area (Å²) >= 11 is 0. The van der Waals surface area contributed by atoms with Crippen molar-refractivity contribution in [3.8, 4) is 5.75 Å². The first-order valence-corrected chi connectivity index (χ1v) is 5.15. The minimum atomic E-state index is -1.05. The minimum absolute atomic E-state index is 0.0162. The summed E-state index contributed by atoms with van der Waals surface area (Å²) in [6.07, 6.45) is 3.68. The Morgan fingerprint density at radius 2 is 2.25 bits per heavy atom. The molecule has 0 unspecified atom stereocenters. The van der Waals surface area contributed by atoms with Gasteiger partial charge in [0.1, 0.15) is 0 Å². The molecule has 1 aliphatic rings. The molecule has 5 nitrogen and oxygen atoms in total. The van der Waals surface area contributed by atoms with Crippen molar-refractivity contribution in [3.63, 3.8) is 0 Å². The van der Waals surface area contributed by atoms with Gasteiger partial charge >= 0.3 is 5.97 Å². The maximum absolute atomic E-state index is 10.9. The highest BCUT2D eigenvalue weighted by Gasteiger charge is 2.26. The Kier molecular flexibility index (Phi) is 2.68. The van der Waals surface area contributed by atoms with Crippen LogP contribution in [0, 0.1) is 0 Å². The van der Waals surface area contributed by atoms with E-state index in [2.05, 4.69) is 4.98 Å². The molecule has 0 radical (unpaired) electrons. The summed E-state index contributed by atoms with van der Waals surface area (Å²) in [5.41, 5.74) is 0.818. The molecule has 0 amide bonds. The number of hydrogen-bond acceptors (Lipinski definition) is 4. The van der Waals surface area contributed by atoms with Crippen LogP contribution in [-0.4, -0.2) is 36.3 Å². The van der Waals surface area contributed by atoms with Crippen LogP contribution in [0.3, 0.4) is 0 Å². The van der Waals surface area contributed by atoms with E-state index in [1.54, 1.807) is 6.07 Å². The normalized spacial score (nSPS) is 14.6. The van der Waals surface area contributed by atoms with Crippen LogP contribution in [0.5, 0.6) is 5.75 Å². The highest BCUT2D eigenvalue weighted by atomic mass is 16.5. The Balaban J connectivity index is 2.33. The van der Waals surface area contributed by atoms with Gasteiger partial charge in [-0.1, -0.05) is 0 Å². The standard InChI is InChI=1S/C11H14N2O3/c1-13(2)7-5-9(16-8-3-4-8)10(11(14)15)12-6-7/h5-6,8H,3-4H2,1-2H3,(H,14,15). The van der Waals surface area contributed by atoms with Gasteiger partial charge in [-0.2, -0.15) is 0 Å². The lowest BCUT2D eigenvalue weighted by molar-refractivity contribution is 0.0685. The number of aromatic nitrogens is 1. The molecule has 1 N–H and O–H groups in total. The second-order valence-corrected chi connectivity index (χ2v) is 4.06. The molecule has 5 heteroatoms. The van der Waals surface area contributed by atoms with E-state index in [0.29, 0.717) is 5.75 Å². The summed E-state index contributed by atoms with van der Waals surface area (Å²) in [6.45, 7) is 0. The van der Waals surface area contributed by atoms with E-state index in [4.69, 9.17) is 9.84 Å². The average Bonchev–Trinajstić information content (AvgIpc) is 3.01. The van der Waals surface area contributed by atoms with Crippen molar-refractivity contribution in [2.24, 2.45) is 0 Å². The van der Waals surface area contributed by atoms with Gasteiger partial charge in [-0.15, -0.1) is 0 Å². The Bertz CT molecular complexity index is 414. The summed E-state index contributed by atoms with van der Waals surface area (Å²) in [6, 6.07) is 1.72. The van der Waals surface area contributed by atoms with E-state index in [1.165, 1.54) is 6.20 Å². The molecule has 1 aromatic rings. The van der Waals surface area contributed by atoms with Gasteiger partial charge in [0.25, 0.3) is 0 Å². The lowest BCUT2D eigenvalue weighted by Gasteiger charge is -2.14. The molecule has 2 rings (SSSR count). The SMILES string of the molecule is CN(C)c1cnc(C(=O)O)c(OC2CC2)c1. The Morgan fingerprint density at radius 1 is 1.56 bits per heavy atom. The number of ether oxygens (including phenoxy) is 1. The molecule has 1 saturated carbocycles. The van der Waals surface area contributed by atoms with Crippen molar-refractivity contribution in [2.45, 2.75) is 18.9 Å². The van der Waals surface area contributed by atoms with E-state index in [0.717, 1.165) is 18.5 Å². The first-order valence-electron chi connectivity index (χ1n) is 5.15. The van der Waals surface area contributed by atoms with Gasteiger partial charge in [-0.25, -0.2) is 9.78 Å². The summed E-state index contributed by atoms with van der Waals surface area (Å²) in [7, 11) is 3.75. The van der Waals surface area contributed by atoms with Crippen molar-refractivity contribution in [3.05, 3.63) is 18.0 Å². The highest BCUT2D eigenvalue weighted by Crippen LogP contribution is 2.30. The molecule has 0 bridgehead atoms. The Hall–Kier alpha value is -1.78. The van der Waals surface area contributed by atoms with E-state index in [1.807, 2.05) is 19.0 Å². The van der Waals surface area contributed by atoms with Crippen LogP contribution in [0.25, 0.3) is 0 Å². The molecule has 86 valence electrons. The maximum Gasteiger partial charge on any atom is 0.358 e. The molecule has 1 heterocycles. The van der Waals surface area contributed by atoms with E-state index in [9.17, 15) is 4.79 Å². The van der Waals surface area contributed by atoms with Crippen LogP contribution < -0.4 is 9.64 Å². The smallest absolute Gasteiger partial charge is 0.358 e. The first kappa shape index (κ1) is 10.7. The molecule has 0 aromatic carbocycles. The lowest BCUT2D eigenvalue weighted by Crippen LogP contribution is -2.12. The molecular formula is C11H14N2O3. The quantitative estimate of drug-likeness (QED) is 0.834. The number of carboxylic acids is 1. The van der Waals surface area contributed by atoms with Gasteiger partial charge in [0.15, 0.2) is 11.4 Å². The number of nitrogens with zero attached hydrogens (tertiary/aromatic N) is 2. The van der Waals surface area contributed by atoms with E-state index >= 15 is 0 Å². The van der Waals surface area contributed by atoms with Crippen LogP contribution >= 0.6 is 0 Å². The summed E-state index contributed by atoms with van der Waals surface area (Å²) in [4.78, 5) is 16.7. The third-order valence-electron chi connectivity index (χ3n) is 2.38. The predicted octanol–water partition coefficient (Wildman–Crippen LogP) is 1.39. The fraction of sp³-hybridized carbons (Fsp3) is 0.455. The summed E-state index contributed by atoms with van der Waals surface area (Å²) < 4.78 is 5.54. The number of carboxylic acid groups (broad SMARTS) is 1. The zero-order valence-electron chi connectivity index (χ0n) is 9.30. The van der Waals surface area contributed by atoms with Crippen LogP contribution in [0.1, 0.15) is 23.3 Å². The fourth-order valence-electron chi connectivity index (χ4n) is 1.29. The monoisotopic (exact) mass is 222 g/mol. The number of hydrogen-bond donors (Lipinski definition) is 1. The van der Waals surface area contributed by atoms with Gasteiger partial charge in [0, 0.05) is 20.2 Å². The molecule has 0 spiro atoms. The van der Waals surface area contributed by atoms with Crippen LogP contribution in [0.4, 0.5) is 5.69 Å². The van der Waals surface area contributed by atoms with Crippen molar-refractivity contribution < 1.29 is 14.6 Å². The van der Waals surface area contributed by atoms with Gasteiger partial charge < -0.3 is 14.7 Å². The number of carbonyl (C=O) groups is 1. The van der Waals surface area contributed by atoms with Crippen molar-refractivity contribution in [2.75, 3.05) is 19.0 Å². The number of rotatable bonds is 4. The highest BCUT2D eigenvalue weighted by molar-refractivity contribution is 5.89. The molecular weight excluding hydrogens is 208 g/mol. The number of pyridine rings is 1. The van der Waals surface area contributed by atoms with E-state index < -0.39 is 5.97 Å². The van der Waals surface area contributed by atoms with Gasteiger partial charge in [-0.05, 0) is 12.8 Å². The topological polar surface area (TPSA) is 62.7 Å². The zero-order valence-corrected chi connectivity index (χ0v) is 9.30. The second-order valence-electron chi connectivity index (χ2n) is 4.06. The molecule has 1 fully saturated rings. The summed E-state index contributed by atoms with van der Waals surface area (Å²) in [5, 5.41) is 8.97. The largest absolute Gasteiger partial charge is 0.488 e. The molecule has 0 atom stereocenters. The molecule has 0 aliphatic heterocycles. The Labute approximate surface area is 93.7 Å². The number of aromatic carboxylic acids is 1. The molecule has 1 aromatic heterocycles. The van der Waals surface area contributed by atoms with E-state index in [-0.39, 0.29) is 11.8 Å². The first-order chi connectivity index (χ1) is 7.58. The van der Waals surface area contributed by atoms with Gasteiger partial charge in [-0.3, -0.25) is 0 Å². The van der Waals surface area contributed by atoms with Crippen molar-refractivity contribution in [1.29, 1.82) is 0 Å². The lowest BCUT2D eigenvalue weighted by atomic mass is 10.3. The Morgan fingerprint density at radius 3 is 2.75 bits per heavy atom. The van der Waals surface area contributed by atoms with Crippen LogP contribution in [0.2, 0.25) is 0 Å². The van der Waals surface area contributed by atoms with Crippen molar-refractivity contribution >= 4 is 11.7 Å². The van der Waals surface area contributed by atoms with Gasteiger partial charge in [0.2, 0.25) is 0 Å². The van der Waals surface area contributed by atoms with Gasteiger partial charge in [0.05, 0.1) is 18.0 Å².